The number of nitrogens with zero attached hydrogens (tertiary/aromatic N) is 1. The molecule has 0 unspecified atom stereocenters. The molecule has 1 rings (SSSR count). The quantitative estimate of drug-likeness (QED) is 0.617. The molecule has 0 saturated carbocycles. The highest BCUT2D eigenvalue weighted by Crippen LogP contribution is 2.16. The minimum Gasteiger partial charge on any atom is -0.302 e. The van der Waals surface area contributed by atoms with Crippen molar-refractivity contribution in [2.75, 3.05) is 0 Å². The predicted molar refractivity (Wildman–Crippen MR) is 37.7 cm³/mol. The van der Waals surface area contributed by atoms with Crippen LogP contribution in [0.15, 0.2) is 12.3 Å². The summed E-state index contributed by atoms with van der Waals surface area (Å²) in [5, 5.41) is 6.50. The van der Waals surface area contributed by atoms with Gasteiger partial charge in [-0.3, -0.25) is 5.10 Å². The highest BCUT2D eigenvalue weighted by molar-refractivity contribution is 5.65. The van der Waals surface area contributed by atoms with E-state index in [0.717, 1.165) is 12.0 Å². The Bertz CT molecular complexity index is 214. The third-order valence-corrected chi connectivity index (χ3v) is 1.49. The Morgan fingerprint density at radius 3 is 2.80 bits per heavy atom. The van der Waals surface area contributed by atoms with Gasteiger partial charge in [-0.05, 0) is 19.9 Å². The van der Waals surface area contributed by atoms with Crippen molar-refractivity contribution in [2.45, 2.75) is 19.3 Å². The minimum atomic E-state index is -0.434. The number of hydrogen-bond acceptors (Lipinski definition) is 2. The van der Waals surface area contributed by atoms with Gasteiger partial charge in [0.1, 0.15) is 6.29 Å². The molecule has 10 heavy (non-hydrogen) atoms. The lowest BCUT2D eigenvalue weighted by atomic mass is 9.92. The first kappa shape index (κ1) is 6.99. The van der Waals surface area contributed by atoms with Crippen molar-refractivity contribution in [3.63, 3.8) is 0 Å². The van der Waals surface area contributed by atoms with Crippen molar-refractivity contribution >= 4 is 6.29 Å². The monoisotopic (exact) mass is 138 g/mol. The lowest BCUT2D eigenvalue weighted by Gasteiger charge is -2.12. The highest BCUT2D eigenvalue weighted by Gasteiger charge is 2.20. The molecule has 1 heterocycles. The molecular formula is C7H10N2O. The average molecular weight is 138 g/mol. The number of H-pyrrole nitrogens is 1. The molecule has 0 saturated heterocycles. The maximum atomic E-state index is 10.5. The molecule has 0 aliphatic rings. The van der Waals surface area contributed by atoms with Gasteiger partial charge in [0, 0.05) is 11.9 Å². The zero-order valence-corrected chi connectivity index (χ0v) is 6.09. The van der Waals surface area contributed by atoms with E-state index in [1.807, 2.05) is 13.8 Å². The van der Waals surface area contributed by atoms with E-state index >= 15 is 0 Å². The fraction of sp³-hybridized carbons (Fsp3) is 0.429. The number of carbonyl (C=O) groups is 1. The molecular weight excluding hydrogens is 128 g/mol. The molecule has 3 heteroatoms. The molecule has 0 atom stereocenters. The lowest BCUT2D eigenvalue weighted by molar-refractivity contribution is -0.111. The van der Waals surface area contributed by atoms with Gasteiger partial charge in [-0.25, -0.2) is 0 Å². The summed E-state index contributed by atoms with van der Waals surface area (Å²) in [6, 6.07) is 1.80. The summed E-state index contributed by atoms with van der Waals surface area (Å²) in [7, 11) is 0. The lowest BCUT2D eigenvalue weighted by Crippen LogP contribution is -2.18. The third kappa shape index (κ3) is 1.07. The number of aldehydes is 1. The molecule has 0 aliphatic heterocycles. The summed E-state index contributed by atoms with van der Waals surface area (Å²) in [6.07, 6.45) is 2.54. The van der Waals surface area contributed by atoms with Crippen molar-refractivity contribution in [3.05, 3.63) is 18.0 Å². The Kier molecular flexibility index (Phi) is 1.57. The fourth-order valence-electron chi connectivity index (χ4n) is 0.678. The molecule has 0 bridgehead atoms. The zero-order valence-electron chi connectivity index (χ0n) is 6.09. The fourth-order valence-corrected chi connectivity index (χ4v) is 0.678. The SMILES string of the molecule is CC(C)(C=O)c1ccn[nH]1. The summed E-state index contributed by atoms with van der Waals surface area (Å²) >= 11 is 0. The number of aromatic amines is 1. The van der Waals surface area contributed by atoms with E-state index in [9.17, 15) is 4.79 Å². The molecule has 3 nitrogen and oxygen atoms in total. The Hall–Kier alpha value is -1.12. The Morgan fingerprint density at radius 1 is 1.70 bits per heavy atom. The molecule has 1 aromatic heterocycles. The van der Waals surface area contributed by atoms with Crippen LogP contribution in [0.4, 0.5) is 0 Å². The maximum absolute atomic E-state index is 10.5. The van der Waals surface area contributed by atoms with E-state index in [4.69, 9.17) is 0 Å². The van der Waals surface area contributed by atoms with Gasteiger partial charge >= 0.3 is 0 Å². The summed E-state index contributed by atoms with van der Waals surface area (Å²) in [4.78, 5) is 10.5. The molecule has 1 aromatic rings. The first-order valence-electron chi connectivity index (χ1n) is 3.13. The van der Waals surface area contributed by atoms with Crippen LogP contribution in [-0.2, 0) is 10.2 Å². The summed E-state index contributed by atoms with van der Waals surface area (Å²) in [5.41, 5.74) is 0.416. The molecule has 0 fully saturated rings. The zero-order chi connectivity index (χ0) is 7.61. The van der Waals surface area contributed by atoms with Crippen molar-refractivity contribution in [1.29, 1.82) is 0 Å². The van der Waals surface area contributed by atoms with Crippen molar-refractivity contribution in [1.82, 2.24) is 10.2 Å². The molecule has 1 N–H and O–H groups in total. The largest absolute Gasteiger partial charge is 0.302 e. The Labute approximate surface area is 59.4 Å². The van der Waals surface area contributed by atoms with Crippen LogP contribution < -0.4 is 0 Å². The van der Waals surface area contributed by atoms with Crippen LogP contribution in [0.5, 0.6) is 0 Å². The Balaban J connectivity index is 2.95. The summed E-state index contributed by atoms with van der Waals surface area (Å²) in [5.74, 6) is 0. The second kappa shape index (κ2) is 2.25. The van der Waals surface area contributed by atoms with Gasteiger partial charge < -0.3 is 4.79 Å². The number of hydrogen-bond donors (Lipinski definition) is 1. The second-order valence-corrected chi connectivity index (χ2v) is 2.81. The molecule has 0 spiro atoms. The number of carbonyl (C=O) groups excluding carboxylic acids is 1. The van der Waals surface area contributed by atoms with Crippen LogP contribution in [0, 0.1) is 0 Å². The van der Waals surface area contributed by atoms with Gasteiger partial charge in [0.25, 0.3) is 0 Å². The van der Waals surface area contributed by atoms with E-state index in [1.54, 1.807) is 12.3 Å². The van der Waals surface area contributed by atoms with E-state index in [0.29, 0.717) is 0 Å². The van der Waals surface area contributed by atoms with Gasteiger partial charge in [0.05, 0.1) is 5.41 Å². The summed E-state index contributed by atoms with van der Waals surface area (Å²) < 4.78 is 0. The predicted octanol–water partition coefficient (Wildman–Crippen LogP) is 0.886. The number of rotatable bonds is 2. The average Bonchev–Trinajstić information content (AvgIpc) is 2.38. The topological polar surface area (TPSA) is 45.8 Å². The first-order valence-corrected chi connectivity index (χ1v) is 3.13. The standard InChI is InChI=1S/C7H10N2O/c1-7(2,5-10)6-3-4-8-9-6/h3-5H,1-2H3,(H,8,9). The van der Waals surface area contributed by atoms with E-state index in [2.05, 4.69) is 10.2 Å². The maximum Gasteiger partial charge on any atom is 0.131 e. The smallest absolute Gasteiger partial charge is 0.131 e. The second-order valence-electron chi connectivity index (χ2n) is 2.81. The normalized spacial score (nSPS) is 11.4. The van der Waals surface area contributed by atoms with Crippen molar-refractivity contribution < 1.29 is 4.79 Å². The summed E-state index contributed by atoms with van der Waals surface area (Å²) in [6.45, 7) is 3.68. The van der Waals surface area contributed by atoms with Crippen LogP contribution in [0.25, 0.3) is 0 Å². The van der Waals surface area contributed by atoms with Gasteiger partial charge in [-0.15, -0.1) is 0 Å². The Morgan fingerprint density at radius 2 is 2.40 bits per heavy atom. The van der Waals surface area contributed by atoms with Crippen LogP contribution in [0.2, 0.25) is 0 Å². The van der Waals surface area contributed by atoms with E-state index in [1.165, 1.54) is 0 Å². The number of nitrogens with one attached hydrogen (secondary N) is 1. The molecule has 0 radical (unpaired) electrons. The molecule has 0 aromatic carbocycles. The minimum absolute atomic E-state index is 0.434. The van der Waals surface area contributed by atoms with Gasteiger partial charge in [-0.2, -0.15) is 5.10 Å². The van der Waals surface area contributed by atoms with E-state index < -0.39 is 5.41 Å². The first-order chi connectivity index (χ1) is 4.67. The highest BCUT2D eigenvalue weighted by atomic mass is 16.1. The number of aromatic nitrogens is 2. The van der Waals surface area contributed by atoms with Crippen LogP contribution >= 0.6 is 0 Å². The van der Waals surface area contributed by atoms with Crippen LogP contribution in [-0.4, -0.2) is 16.5 Å². The van der Waals surface area contributed by atoms with Crippen LogP contribution in [0.1, 0.15) is 19.5 Å². The van der Waals surface area contributed by atoms with Gasteiger partial charge in [0.2, 0.25) is 0 Å². The molecule has 0 amide bonds. The van der Waals surface area contributed by atoms with Crippen molar-refractivity contribution in [2.24, 2.45) is 0 Å². The third-order valence-electron chi connectivity index (χ3n) is 1.49. The molecule has 54 valence electrons. The van der Waals surface area contributed by atoms with E-state index in [-0.39, 0.29) is 0 Å². The molecule has 0 aliphatic carbocycles. The van der Waals surface area contributed by atoms with Gasteiger partial charge in [-0.1, -0.05) is 0 Å². The van der Waals surface area contributed by atoms with Gasteiger partial charge in [0.15, 0.2) is 0 Å². The van der Waals surface area contributed by atoms with Crippen molar-refractivity contribution in [3.8, 4) is 0 Å². The van der Waals surface area contributed by atoms with Crippen LogP contribution in [0.3, 0.4) is 0 Å².